The third kappa shape index (κ3) is 3.37. The summed E-state index contributed by atoms with van der Waals surface area (Å²) >= 11 is 12.1. The first-order valence-corrected chi connectivity index (χ1v) is 8.71. The lowest BCUT2D eigenvalue weighted by Crippen LogP contribution is -1.98. The standard InChI is InChI=1S/C19H12Cl2N4O2/c1-11(26)12-2-5-14(6-3-12)27-19-15-9-24-25(18(15)22-10-23-19)13-4-7-16(20)17(21)8-13/h2-10H,1H3. The molecule has 8 heteroatoms. The zero-order chi connectivity index (χ0) is 19.0. The SMILES string of the molecule is CC(=O)c1ccc(Oc2ncnc3c2cnn3-c2ccc(Cl)c(Cl)c2)cc1. The molecule has 2 aromatic heterocycles. The molecule has 134 valence electrons. The summed E-state index contributed by atoms with van der Waals surface area (Å²) in [5, 5.41) is 5.89. The minimum absolute atomic E-state index is 0.00567. The second-order valence-corrected chi connectivity index (χ2v) is 6.57. The number of nitrogens with zero attached hydrogens (tertiary/aromatic N) is 4. The highest BCUT2D eigenvalue weighted by atomic mass is 35.5. The number of aromatic nitrogens is 4. The van der Waals surface area contributed by atoms with Crippen LogP contribution in [0.2, 0.25) is 10.0 Å². The van der Waals surface area contributed by atoms with Gasteiger partial charge >= 0.3 is 0 Å². The van der Waals surface area contributed by atoms with Gasteiger partial charge in [-0.25, -0.2) is 14.6 Å². The Hall–Kier alpha value is -2.96. The summed E-state index contributed by atoms with van der Waals surface area (Å²) in [6.07, 6.45) is 3.02. The first-order valence-electron chi connectivity index (χ1n) is 7.96. The Morgan fingerprint density at radius 1 is 1.04 bits per heavy atom. The number of benzene rings is 2. The van der Waals surface area contributed by atoms with E-state index in [0.717, 1.165) is 5.69 Å². The van der Waals surface area contributed by atoms with Crippen molar-refractivity contribution in [1.82, 2.24) is 19.7 Å². The van der Waals surface area contributed by atoms with Crippen molar-refractivity contribution >= 4 is 40.0 Å². The number of ether oxygens (including phenoxy) is 1. The first-order chi connectivity index (χ1) is 13.0. The summed E-state index contributed by atoms with van der Waals surface area (Å²) in [5.74, 6) is 0.915. The van der Waals surface area contributed by atoms with Gasteiger partial charge in [-0.2, -0.15) is 5.10 Å². The molecule has 0 saturated heterocycles. The predicted molar refractivity (Wildman–Crippen MR) is 103 cm³/mol. The topological polar surface area (TPSA) is 69.9 Å². The molecule has 0 amide bonds. The summed E-state index contributed by atoms with van der Waals surface area (Å²) in [7, 11) is 0. The number of fused-ring (bicyclic) bond motifs is 1. The van der Waals surface area contributed by atoms with Crippen LogP contribution in [0.4, 0.5) is 0 Å². The molecule has 0 bridgehead atoms. The van der Waals surface area contributed by atoms with Crippen LogP contribution in [0.5, 0.6) is 11.6 Å². The summed E-state index contributed by atoms with van der Waals surface area (Å²) in [4.78, 5) is 19.9. The number of Topliss-reactive ketones (excluding diaryl/α,β-unsaturated/α-hetero) is 1. The maximum atomic E-state index is 11.4. The Bertz CT molecular complexity index is 1160. The van der Waals surface area contributed by atoms with E-state index in [1.165, 1.54) is 13.3 Å². The van der Waals surface area contributed by atoms with Gasteiger partial charge in [0.25, 0.3) is 0 Å². The molecule has 0 aliphatic carbocycles. The average molecular weight is 399 g/mol. The lowest BCUT2D eigenvalue weighted by atomic mass is 10.1. The molecule has 0 N–H and O–H groups in total. The monoisotopic (exact) mass is 398 g/mol. The zero-order valence-corrected chi connectivity index (χ0v) is 15.6. The van der Waals surface area contributed by atoms with Crippen LogP contribution >= 0.6 is 23.2 Å². The van der Waals surface area contributed by atoms with Gasteiger partial charge in [0.15, 0.2) is 11.4 Å². The third-order valence-corrected chi connectivity index (χ3v) is 4.69. The van der Waals surface area contributed by atoms with Crippen LogP contribution in [0.1, 0.15) is 17.3 Å². The van der Waals surface area contributed by atoms with E-state index in [9.17, 15) is 4.79 Å². The number of hydrogen-bond donors (Lipinski definition) is 0. The van der Waals surface area contributed by atoms with Crippen LogP contribution in [-0.2, 0) is 0 Å². The predicted octanol–water partition coefficient (Wildman–Crippen LogP) is 5.12. The van der Waals surface area contributed by atoms with Gasteiger partial charge in [-0.15, -0.1) is 0 Å². The van der Waals surface area contributed by atoms with Crippen molar-refractivity contribution in [3.8, 4) is 17.3 Å². The molecule has 2 heterocycles. The smallest absolute Gasteiger partial charge is 0.233 e. The summed E-state index contributed by atoms with van der Waals surface area (Å²) < 4.78 is 7.49. The van der Waals surface area contributed by atoms with E-state index in [2.05, 4.69) is 15.1 Å². The Balaban J connectivity index is 1.72. The van der Waals surface area contributed by atoms with Crippen molar-refractivity contribution < 1.29 is 9.53 Å². The number of ketones is 1. The van der Waals surface area contributed by atoms with Crippen molar-refractivity contribution in [2.45, 2.75) is 6.92 Å². The Kier molecular flexibility index (Phi) is 4.51. The molecule has 0 atom stereocenters. The van der Waals surface area contributed by atoms with E-state index in [1.54, 1.807) is 53.3 Å². The lowest BCUT2D eigenvalue weighted by molar-refractivity contribution is 0.101. The molecule has 0 unspecified atom stereocenters. The van der Waals surface area contributed by atoms with E-state index in [4.69, 9.17) is 27.9 Å². The van der Waals surface area contributed by atoms with Crippen molar-refractivity contribution in [3.63, 3.8) is 0 Å². The molecule has 0 spiro atoms. The van der Waals surface area contributed by atoms with Gasteiger partial charge in [0.1, 0.15) is 17.5 Å². The number of carbonyl (C=O) groups excluding carboxylic acids is 1. The van der Waals surface area contributed by atoms with E-state index < -0.39 is 0 Å². The largest absolute Gasteiger partial charge is 0.438 e. The average Bonchev–Trinajstić information content (AvgIpc) is 3.10. The molecule has 2 aromatic carbocycles. The molecular formula is C19H12Cl2N4O2. The van der Waals surface area contributed by atoms with Gasteiger partial charge in [-0.05, 0) is 49.4 Å². The fourth-order valence-electron chi connectivity index (χ4n) is 2.58. The second-order valence-electron chi connectivity index (χ2n) is 5.75. The van der Waals surface area contributed by atoms with Gasteiger partial charge in [-0.3, -0.25) is 4.79 Å². The molecule has 0 aliphatic heterocycles. The van der Waals surface area contributed by atoms with Crippen molar-refractivity contribution in [3.05, 3.63) is 70.6 Å². The maximum absolute atomic E-state index is 11.4. The fourth-order valence-corrected chi connectivity index (χ4v) is 2.87. The van der Waals surface area contributed by atoms with Gasteiger partial charge in [0.2, 0.25) is 5.88 Å². The zero-order valence-electron chi connectivity index (χ0n) is 14.1. The van der Waals surface area contributed by atoms with Crippen molar-refractivity contribution in [2.75, 3.05) is 0 Å². The second kappa shape index (κ2) is 6.98. The van der Waals surface area contributed by atoms with Crippen LogP contribution < -0.4 is 4.74 Å². The van der Waals surface area contributed by atoms with Crippen LogP contribution in [0.3, 0.4) is 0 Å². The Morgan fingerprint density at radius 2 is 1.81 bits per heavy atom. The van der Waals surface area contributed by atoms with Gasteiger partial charge in [0, 0.05) is 5.56 Å². The molecule has 0 saturated carbocycles. The van der Waals surface area contributed by atoms with Gasteiger partial charge in [-0.1, -0.05) is 23.2 Å². The van der Waals surface area contributed by atoms with Crippen LogP contribution in [-0.4, -0.2) is 25.5 Å². The van der Waals surface area contributed by atoms with E-state index in [1.807, 2.05) is 0 Å². The highest BCUT2D eigenvalue weighted by Crippen LogP contribution is 2.29. The van der Waals surface area contributed by atoms with Gasteiger partial charge in [0.05, 0.1) is 21.9 Å². The number of carbonyl (C=O) groups is 1. The molecule has 4 aromatic rings. The quantitative estimate of drug-likeness (QED) is 0.446. The molecule has 27 heavy (non-hydrogen) atoms. The minimum Gasteiger partial charge on any atom is -0.438 e. The highest BCUT2D eigenvalue weighted by Gasteiger charge is 2.14. The third-order valence-electron chi connectivity index (χ3n) is 3.95. The summed E-state index contributed by atoms with van der Waals surface area (Å²) in [6, 6.07) is 12.0. The minimum atomic E-state index is -0.00567. The molecular weight excluding hydrogens is 387 g/mol. The Morgan fingerprint density at radius 3 is 2.52 bits per heavy atom. The van der Waals surface area contributed by atoms with Crippen molar-refractivity contribution in [2.24, 2.45) is 0 Å². The molecule has 6 nitrogen and oxygen atoms in total. The lowest BCUT2D eigenvalue weighted by Gasteiger charge is -2.07. The Labute approximate surface area is 164 Å². The molecule has 4 rings (SSSR count). The molecule has 0 aliphatic rings. The highest BCUT2D eigenvalue weighted by molar-refractivity contribution is 6.42. The molecule has 0 fully saturated rings. The number of rotatable bonds is 4. The van der Waals surface area contributed by atoms with Crippen LogP contribution in [0.15, 0.2) is 55.0 Å². The van der Waals surface area contributed by atoms with Crippen LogP contribution in [0.25, 0.3) is 16.7 Å². The normalized spacial score (nSPS) is 10.9. The summed E-state index contributed by atoms with van der Waals surface area (Å²) in [6.45, 7) is 1.52. The maximum Gasteiger partial charge on any atom is 0.233 e. The fraction of sp³-hybridized carbons (Fsp3) is 0.0526. The number of halogens is 2. The van der Waals surface area contributed by atoms with E-state index >= 15 is 0 Å². The number of hydrogen-bond acceptors (Lipinski definition) is 5. The van der Waals surface area contributed by atoms with E-state index in [-0.39, 0.29) is 5.78 Å². The van der Waals surface area contributed by atoms with Gasteiger partial charge < -0.3 is 4.74 Å². The van der Waals surface area contributed by atoms with Crippen LogP contribution in [0, 0.1) is 0 Å². The van der Waals surface area contributed by atoms with Crippen molar-refractivity contribution in [1.29, 1.82) is 0 Å². The first kappa shape index (κ1) is 17.5. The van der Waals surface area contributed by atoms with E-state index in [0.29, 0.717) is 38.3 Å². The molecule has 0 radical (unpaired) electrons. The summed E-state index contributed by atoms with van der Waals surface area (Å²) in [5.41, 5.74) is 1.90.